The van der Waals surface area contributed by atoms with E-state index in [-0.39, 0.29) is 12.6 Å². The highest BCUT2D eigenvalue weighted by molar-refractivity contribution is 5.93. The van der Waals surface area contributed by atoms with Crippen LogP contribution in [-0.4, -0.2) is 28.2 Å². The number of fused-ring (bicyclic) bond motifs is 2. The highest BCUT2D eigenvalue weighted by atomic mass is 16.5. The number of pyridine rings is 2. The van der Waals surface area contributed by atoms with Gasteiger partial charge in [-0.05, 0) is 53.1 Å². The summed E-state index contributed by atoms with van der Waals surface area (Å²) < 4.78 is 16.2. The Kier molecular flexibility index (Phi) is 9.34. The van der Waals surface area contributed by atoms with Gasteiger partial charge in [0.2, 0.25) is 0 Å². The van der Waals surface area contributed by atoms with Crippen molar-refractivity contribution in [2.75, 3.05) is 7.11 Å². The van der Waals surface area contributed by atoms with Crippen molar-refractivity contribution < 1.29 is 24.1 Å². The van der Waals surface area contributed by atoms with Gasteiger partial charge < -0.3 is 19.3 Å². The number of carbonyl (C=O) groups excluding carboxylic acids is 1. The van der Waals surface area contributed by atoms with E-state index in [1.54, 1.807) is 12.3 Å². The first-order valence-corrected chi connectivity index (χ1v) is 13.4. The lowest BCUT2D eigenvalue weighted by Crippen LogP contribution is -2.01. The summed E-state index contributed by atoms with van der Waals surface area (Å²) in [6.07, 6.45) is 3.19. The van der Waals surface area contributed by atoms with Crippen LogP contribution in [0.15, 0.2) is 122 Å². The number of nitrogens with zero attached hydrogens (tertiary/aromatic N) is 2. The quantitative estimate of drug-likeness (QED) is 0.203. The van der Waals surface area contributed by atoms with Crippen LogP contribution in [0.3, 0.4) is 0 Å². The maximum atomic E-state index is 11.5. The average Bonchev–Trinajstić information content (AvgIpc) is 3.06. The normalized spacial score (nSPS) is 10.5. The number of methoxy groups -OCH3 is 1. The molecule has 0 spiro atoms. The molecule has 0 radical (unpaired) electrons. The van der Waals surface area contributed by atoms with E-state index in [2.05, 4.69) is 9.97 Å². The Labute approximate surface area is 244 Å². The first kappa shape index (κ1) is 28.3. The number of rotatable bonds is 8. The summed E-state index contributed by atoms with van der Waals surface area (Å²) in [5.41, 5.74) is 5.14. The number of benzene rings is 4. The van der Waals surface area contributed by atoms with Gasteiger partial charge in [0, 0.05) is 35.3 Å². The predicted molar refractivity (Wildman–Crippen MR) is 162 cm³/mol. The van der Waals surface area contributed by atoms with Gasteiger partial charge in [-0.1, -0.05) is 60.7 Å². The molecule has 0 bridgehead atoms. The lowest BCUT2D eigenvalue weighted by Gasteiger charge is -2.07. The van der Waals surface area contributed by atoms with Crippen LogP contribution in [-0.2, 0) is 24.6 Å². The Morgan fingerprint density at radius 1 is 0.643 bits per heavy atom. The van der Waals surface area contributed by atoms with Crippen LogP contribution >= 0.6 is 0 Å². The average molecular weight is 559 g/mol. The summed E-state index contributed by atoms with van der Waals surface area (Å²) in [6.45, 7) is 1.06. The molecule has 4 aromatic carbocycles. The van der Waals surface area contributed by atoms with Gasteiger partial charge >= 0.3 is 5.97 Å². The fraction of sp³-hybridized carbons (Fsp3) is 0.114. The monoisotopic (exact) mass is 558 g/mol. The fourth-order valence-corrected chi connectivity index (χ4v) is 4.23. The van der Waals surface area contributed by atoms with E-state index in [0.717, 1.165) is 50.0 Å². The first-order valence-electron chi connectivity index (χ1n) is 13.4. The van der Waals surface area contributed by atoms with E-state index in [1.165, 1.54) is 13.3 Å². The summed E-state index contributed by atoms with van der Waals surface area (Å²) in [5, 5.41) is 11.0. The molecule has 42 heavy (non-hydrogen) atoms. The third kappa shape index (κ3) is 7.47. The molecular formula is C35H30N2O5. The molecule has 0 saturated heterocycles. The Balaban J connectivity index is 0.000000169. The van der Waals surface area contributed by atoms with E-state index >= 15 is 0 Å². The van der Waals surface area contributed by atoms with Gasteiger partial charge in [-0.15, -0.1) is 0 Å². The Bertz CT molecular complexity index is 1780. The smallest absolute Gasteiger partial charge is 0.339 e. The summed E-state index contributed by atoms with van der Waals surface area (Å²) in [6, 6.07) is 35.1. The van der Waals surface area contributed by atoms with Crippen LogP contribution in [0.4, 0.5) is 0 Å². The van der Waals surface area contributed by atoms with E-state index < -0.39 is 0 Å². The minimum atomic E-state index is -0.390. The maximum absolute atomic E-state index is 11.5. The molecule has 210 valence electrons. The van der Waals surface area contributed by atoms with E-state index in [9.17, 15) is 4.79 Å². The van der Waals surface area contributed by atoms with Crippen LogP contribution in [0.25, 0.3) is 21.8 Å². The van der Waals surface area contributed by atoms with Gasteiger partial charge in [-0.3, -0.25) is 9.97 Å². The standard InChI is InChI=1S/C18H15NO3.C17H15NO2/c1-21-18(20)15-9-14-7-8-16(10-17(14)19-11-15)22-12-13-5-3-2-4-6-13;19-11-14-8-15-6-7-16(9-17(15)18-10-14)20-12-13-4-2-1-3-5-13/h2-11H,12H2,1H3;1-10,19H,11-12H2. The molecule has 0 amide bonds. The van der Waals surface area contributed by atoms with Gasteiger partial charge in [0.1, 0.15) is 24.7 Å². The number of hydrogen-bond acceptors (Lipinski definition) is 7. The Morgan fingerprint density at radius 2 is 1.17 bits per heavy atom. The molecule has 0 aliphatic rings. The lowest BCUT2D eigenvalue weighted by atomic mass is 10.1. The maximum Gasteiger partial charge on any atom is 0.339 e. The Morgan fingerprint density at radius 3 is 1.69 bits per heavy atom. The molecule has 0 unspecified atom stereocenters. The molecule has 2 aromatic heterocycles. The molecule has 6 aromatic rings. The topological polar surface area (TPSA) is 90.8 Å². The molecular weight excluding hydrogens is 528 g/mol. The molecule has 0 fully saturated rings. The number of esters is 1. The number of carbonyl (C=O) groups is 1. The molecule has 2 heterocycles. The largest absolute Gasteiger partial charge is 0.489 e. The molecule has 7 nitrogen and oxygen atoms in total. The zero-order valence-electron chi connectivity index (χ0n) is 23.1. The van der Waals surface area contributed by atoms with Crippen molar-refractivity contribution in [3.63, 3.8) is 0 Å². The van der Waals surface area contributed by atoms with Crippen molar-refractivity contribution in [3.05, 3.63) is 144 Å². The minimum Gasteiger partial charge on any atom is -0.489 e. The van der Waals surface area contributed by atoms with Crippen LogP contribution < -0.4 is 9.47 Å². The zero-order valence-corrected chi connectivity index (χ0v) is 23.1. The summed E-state index contributed by atoms with van der Waals surface area (Å²) >= 11 is 0. The van der Waals surface area contributed by atoms with Crippen LogP contribution in [0, 0.1) is 0 Å². The van der Waals surface area contributed by atoms with Crippen molar-refractivity contribution in [3.8, 4) is 11.5 Å². The van der Waals surface area contributed by atoms with Crippen molar-refractivity contribution >= 4 is 27.8 Å². The zero-order chi connectivity index (χ0) is 29.1. The number of ether oxygens (including phenoxy) is 3. The Hall–Kier alpha value is -5.27. The summed E-state index contributed by atoms with van der Waals surface area (Å²) in [4.78, 5) is 20.1. The van der Waals surface area contributed by atoms with Crippen LogP contribution in [0.1, 0.15) is 27.0 Å². The highest BCUT2D eigenvalue weighted by Crippen LogP contribution is 2.22. The highest BCUT2D eigenvalue weighted by Gasteiger charge is 2.08. The lowest BCUT2D eigenvalue weighted by molar-refractivity contribution is 0.0600. The van der Waals surface area contributed by atoms with Crippen molar-refractivity contribution in [2.45, 2.75) is 19.8 Å². The molecule has 0 saturated carbocycles. The van der Waals surface area contributed by atoms with E-state index in [4.69, 9.17) is 19.3 Å². The summed E-state index contributed by atoms with van der Waals surface area (Å²) in [7, 11) is 1.35. The van der Waals surface area contributed by atoms with Gasteiger partial charge in [-0.25, -0.2) is 4.79 Å². The predicted octanol–water partition coefficient (Wildman–Crippen LogP) is 6.91. The minimum absolute atomic E-state index is 0.00913. The van der Waals surface area contributed by atoms with E-state index in [0.29, 0.717) is 18.8 Å². The molecule has 7 heteroatoms. The molecule has 0 atom stereocenters. The molecule has 0 aliphatic heterocycles. The molecule has 0 aliphatic carbocycles. The third-order valence-electron chi connectivity index (χ3n) is 6.47. The van der Waals surface area contributed by atoms with E-state index in [1.807, 2.05) is 103 Å². The second-order valence-corrected chi connectivity index (χ2v) is 9.47. The second kappa shape index (κ2) is 13.9. The number of aromatic nitrogens is 2. The number of hydrogen-bond donors (Lipinski definition) is 1. The van der Waals surface area contributed by atoms with Gasteiger partial charge in [0.15, 0.2) is 0 Å². The van der Waals surface area contributed by atoms with Crippen LogP contribution in [0.5, 0.6) is 11.5 Å². The first-order chi connectivity index (χ1) is 20.6. The second-order valence-electron chi connectivity index (χ2n) is 9.47. The summed E-state index contributed by atoms with van der Waals surface area (Å²) in [5.74, 6) is 1.15. The molecule has 6 rings (SSSR count). The van der Waals surface area contributed by atoms with Gasteiger partial charge in [0.25, 0.3) is 0 Å². The van der Waals surface area contributed by atoms with Gasteiger partial charge in [0.05, 0.1) is 30.3 Å². The number of aliphatic hydroxyl groups is 1. The van der Waals surface area contributed by atoms with Crippen molar-refractivity contribution in [1.29, 1.82) is 0 Å². The fourth-order valence-electron chi connectivity index (χ4n) is 4.23. The SMILES string of the molecule is COC(=O)c1cnc2cc(OCc3ccccc3)ccc2c1.OCc1cnc2cc(OCc3ccccc3)ccc2c1. The number of aliphatic hydroxyl groups excluding tert-OH is 1. The van der Waals surface area contributed by atoms with Crippen molar-refractivity contribution in [1.82, 2.24) is 9.97 Å². The van der Waals surface area contributed by atoms with Crippen LogP contribution in [0.2, 0.25) is 0 Å². The molecule has 1 N–H and O–H groups in total. The van der Waals surface area contributed by atoms with Gasteiger partial charge in [-0.2, -0.15) is 0 Å². The third-order valence-corrected chi connectivity index (χ3v) is 6.47. The van der Waals surface area contributed by atoms with Crippen molar-refractivity contribution in [2.24, 2.45) is 0 Å².